The minimum Gasteiger partial charge on any atom is -0.320 e. The van der Waals surface area contributed by atoms with Gasteiger partial charge in [0.15, 0.2) is 0 Å². The lowest BCUT2D eigenvalue weighted by Gasteiger charge is -2.07. The molecule has 0 aliphatic rings. The molecule has 0 aliphatic carbocycles. The maximum absolute atomic E-state index is 11.3. The maximum Gasteiger partial charge on any atom is 0.243 e. The van der Waals surface area contributed by atoms with E-state index in [4.69, 9.17) is 5.73 Å². The van der Waals surface area contributed by atoms with Crippen LogP contribution in [0.3, 0.4) is 0 Å². The van der Waals surface area contributed by atoms with Crippen molar-refractivity contribution >= 4 is 22.6 Å². The van der Waals surface area contributed by atoms with E-state index in [1.54, 1.807) is 0 Å². The highest BCUT2D eigenvalue weighted by Crippen LogP contribution is 2.05. The number of amides is 1. The Morgan fingerprint density at radius 3 is 3.08 bits per heavy atom. The summed E-state index contributed by atoms with van der Waals surface area (Å²) in [5.41, 5.74) is 5.57. The molecule has 0 spiro atoms. The van der Waals surface area contributed by atoms with Gasteiger partial charge in [-0.2, -0.15) is 0 Å². The molecule has 0 fully saturated rings. The van der Waals surface area contributed by atoms with Crippen molar-refractivity contribution in [3.05, 3.63) is 0 Å². The van der Waals surface area contributed by atoms with Gasteiger partial charge in [-0.05, 0) is 11.6 Å². The third kappa shape index (κ3) is 3.03. The first-order chi connectivity index (χ1) is 6.24. The molecule has 0 aromatic carbocycles. The van der Waals surface area contributed by atoms with Gasteiger partial charge in [0.25, 0.3) is 0 Å². The van der Waals surface area contributed by atoms with Crippen LogP contribution >= 0.6 is 11.5 Å². The fraction of sp³-hybridized carbons (Fsp3) is 0.667. The van der Waals surface area contributed by atoms with Gasteiger partial charge in [-0.3, -0.25) is 10.1 Å². The number of carbonyl (C=O) groups is 1. The number of aromatic nitrogens is 3. The fourth-order valence-corrected chi connectivity index (χ4v) is 1.19. The molecule has 1 amide bonds. The summed E-state index contributed by atoms with van der Waals surface area (Å²) in [4.78, 5) is 11.3. The van der Waals surface area contributed by atoms with Crippen LogP contribution in [0.1, 0.15) is 19.8 Å². The lowest BCUT2D eigenvalue weighted by Crippen LogP contribution is -2.35. The molecule has 13 heavy (non-hydrogen) atoms. The number of hydrogen-bond donors (Lipinski definition) is 2. The van der Waals surface area contributed by atoms with E-state index in [9.17, 15) is 4.79 Å². The summed E-state index contributed by atoms with van der Waals surface area (Å²) in [5.74, 6) is -0.236. The molecule has 1 heterocycles. The summed E-state index contributed by atoms with van der Waals surface area (Å²) in [6.45, 7) is 1.97. The molecule has 3 N–H and O–H groups in total. The molecule has 7 heteroatoms. The summed E-state index contributed by atoms with van der Waals surface area (Å²) in [7, 11) is 0. The standard InChI is InChI=1S/C6H11N5OS/c1-2-3-4(7)5(12)8-6-9-10-11-13-6/h4H,2-3,7H2,1H3,(H,8,9,11,12)/t4-/m0/s1. The van der Waals surface area contributed by atoms with Crippen molar-refractivity contribution in [2.24, 2.45) is 5.73 Å². The summed E-state index contributed by atoms with van der Waals surface area (Å²) in [6.07, 6.45) is 1.54. The van der Waals surface area contributed by atoms with Crippen LogP contribution in [0.25, 0.3) is 0 Å². The van der Waals surface area contributed by atoms with E-state index in [1.165, 1.54) is 0 Å². The van der Waals surface area contributed by atoms with Gasteiger partial charge in [0.2, 0.25) is 11.0 Å². The third-order valence-electron chi connectivity index (χ3n) is 1.47. The Morgan fingerprint density at radius 2 is 2.54 bits per heavy atom. The fourth-order valence-electron chi connectivity index (χ4n) is 0.822. The summed E-state index contributed by atoms with van der Waals surface area (Å²) in [6, 6.07) is -0.478. The van der Waals surface area contributed by atoms with E-state index in [0.29, 0.717) is 11.6 Å². The van der Waals surface area contributed by atoms with Crippen molar-refractivity contribution in [2.75, 3.05) is 5.32 Å². The average molecular weight is 201 g/mol. The van der Waals surface area contributed by atoms with Gasteiger partial charge in [-0.15, -0.1) is 0 Å². The first-order valence-corrected chi connectivity index (χ1v) is 4.73. The van der Waals surface area contributed by atoms with Gasteiger partial charge in [-0.1, -0.05) is 22.9 Å². The molecule has 1 rings (SSSR count). The van der Waals surface area contributed by atoms with Crippen LogP contribution in [-0.2, 0) is 4.79 Å². The molecule has 0 aliphatic heterocycles. The molecule has 1 atom stereocenters. The predicted molar refractivity (Wildman–Crippen MR) is 49.2 cm³/mol. The summed E-state index contributed by atoms with van der Waals surface area (Å²) >= 11 is 1.03. The van der Waals surface area contributed by atoms with Gasteiger partial charge >= 0.3 is 0 Å². The van der Waals surface area contributed by atoms with Crippen LogP contribution in [0.5, 0.6) is 0 Å². The van der Waals surface area contributed by atoms with Gasteiger partial charge in [0, 0.05) is 11.5 Å². The van der Waals surface area contributed by atoms with Crippen LogP contribution in [0, 0.1) is 0 Å². The molecule has 1 aromatic rings. The van der Waals surface area contributed by atoms with Crippen molar-refractivity contribution in [2.45, 2.75) is 25.8 Å². The number of rotatable bonds is 4. The van der Waals surface area contributed by atoms with Crippen LogP contribution < -0.4 is 11.1 Å². The highest BCUT2D eigenvalue weighted by molar-refractivity contribution is 7.09. The molecule has 72 valence electrons. The summed E-state index contributed by atoms with van der Waals surface area (Å²) < 4.78 is 3.51. The minimum atomic E-state index is -0.478. The van der Waals surface area contributed by atoms with Gasteiger partial charge in [0.05, 0.1) is 6.04 Å². The molecule has 0 unspecified atom stereocenters. The Balaban J connectivity index is 2.41. The topological polar surface area (TPSA) is 93.8 Å². The van der Waals surface area contributed by atoms with Gasteiger partial charge in [-0.25, -0.2) is 0 Å². The van der Waals surface area contributed by atoms with E-state index < -0.39 is 6.04 Å². The molecule has 0 bridgehead atoms. The van der Waals surface area contributed by atoms with Crippen molar-refractivity contribution in [1.29, 1.82) is 0 Å². The van der Waals surface area contributed by atoms with Crippen molar-refractivity contribution in [3.8, 4) is 0 Å². The average Bonchev–Trinajstić information content (AvgIpc) is 2.57. The molecule has 0 saturated carbocycles. The zero-order valence-corrected chi connectivity index (χ0v) is 8.04. The molecule has 1 aromatic heterocycles. The third-order valence-corrected chi connectivity index (χ3v) is 1.98. The van der Waals surface area contributed by atoms with Crippen molar-refractivity contribution in [3.63, 3.8) is 0 Å². The Labute approximate surface area is 79.7 Å². The first kappa shape index (κ1) is 10.0. The lowest BCUT2D eigenvalue weighted by atomic mass is 10.2. The summed E-state index contributed by atoms with van der Waals surface area (Å²) in [5, 5.41) is 9.82. The highest BCUT2D eigenvalue weighted by Gasteiger charge is 2.13. The molecular formula is C6H11N5OS. The quantitative estimate of drug-likeness (QED) is 0.715. The molecule has 0 radical (unpaired) electrons. The Hall–Kier alpha value is -1.08. The van der Waals surface area contributed by atoms with E-state index in [1.807, 2.05) is 6.92 Å². The van der Waals surface area contributed by atoms with Crippen LogP contribution in [0.4, 0.5) is 5.13 Å². The second-order valence-electron chi connectivity index (χ2n) is 2.55. The first-order valence-electron chi connectivity index (χ1n) is 3.95. The Bertz CT molecular complexity index is 262. The lowest BCUT2D eigenvalue weighted by molar-refractivity contribution is -0.117. The second kappa shape index (κ2) is 4.83. The van der Waals surface area contributed by atoms with Crippen LogP contribution in [0.15, 0.2) is 0 Å². The van der Waals surface area contributed by atoms with Gasteiger partial charge in [0.1, 0.15) is 0 Å². The molecule has 0 saturated heterocycles. The maximum atomic E-state index is 11.3. The molecule has 6 nitrogen and oxygen atoms in total. The zero-order valence-electron chi connectivity index (χ0n) is 7.23. The molecular weight excluding hydrogens is 190 g/mol. The van der Waals surface area contributed by atoms with E-state index in [0.717, 1.165) is 18.0 Å². The van der Waals surface area contributed by atoms with E-state index in [2.05, 4.69) is 20.1 Å². The zero-order chi connectivity index (χ0) is 9.68. The van der Waals surface area contributed by atoms with Crippen molar-refractivity contribution < 1.29 is 4.79 Å². The van der Waals surface area contributed by atoms with Crippen LogP contribution in [-0.4, -0.2) is 26.7 Å². The number of hydrogen-bond acceptors (Lipinski definition) is 6. The van der Waals surface area contributed by atoms with E-state index >= 15 is 0 Å². The smallest absolute Gasteiger partial charge is 0.243 e. The number of nitrogens with two attached hydrogens (primary N) is 1. The number of carbonyl (C=O) groups excluding carboxylic acids is 1. The number of nitrogens with zero attached hydrogens (tertiary/aromatic N) is 3. The SMILES string of the molecule is CCC[C@H](N)C(=O)Nc1nnns1. The van der Waals surface area contributed by atoms with E-state index in [-0.39, 0.29) is 5.91 Å². The Kier molecular flexibility index (Phi) is 3.71. The highest BCUT2D eigenvalue weighted by atomic mass is 32.1. The second-order valence-corrected chi connectivity index (χ2v) is 3.28. The number of nitrogens with one attached hydrogen (secondary N) is 1. The van der Waals surface area contributed by atoms with Crippen LogP contribution in [0.2, 0.25) is 0 Å². The largest absolute Gasteiger partial charge is 0.320 e. The normalized spacial score (nSPS) is 12.5. The van der Waals surface area contributed by atoms with Crippen molar-refractivity contribution in [1.82, 2.24) is 14.8 Å². The van der Waals surface area contributed by atoms with Gasteiger partial charge < -0.3 is 5.73 Å². The number of anilines is 1. The minimum absolute atomic E-state index is 0.236. The Morgan fingerprint density at radius 1 is 1.77 bits per heavy atom. The monoisotopic (exact) mass is 201 g/mol. The predicted octanol–water partition coefficient (Wildman–Crippen LogP) is -0.00100.